The van der Waals surface area contributed by atoms with Crippen molar-refractivity contribution in [1.82, 2.24) is 14.6 Å². The molecule has 0 atom stereocenters. The highest BCUT2D eigenvalue weighted by Gasteiger charge is 2.01. The Balaban J connectivity index is 1.91. The number of nitrogens with zero attached hydrogens (tertiary/aromatic N) is 3. The fraction of sp³-hybridized carbons (Fsp3) is 0.0714. The predicted molar refractivity (Wildman–Crippen MR) is 79.1 cm³/mol. The minimum atomic E-state index is -0.175. The van der Waals surface area contributed by atoms with Crippen molar-refractivity contribution in [1.29, 1.82) is 0 Å². The fourth-order valence-electron chi connectivity index (χ4n) is 1.75. The quantitative estimate of drug-likeness (QED) is 0.741. The Morgan fingerprint density at radius 2 is 2.05 bits per heavy atom. The Hall–Kier alpha value is -2.47. The summed E-state index contributed by atoms with van der Waals surface area (Å²) in [5.74, 6) is 0.810. The Morgan fingerprint density at radius 3 is 2.80 bits per heavy atom. The molecule has 20 heavy (non-hydrogen) atoms. The van der Waals surface area contributed by atoms with Gasteiger partial charge < -0.3 is 4.74 Å². The van der Waals surface area contributed by atoms with E-state index in [-0.39, 0.29) is 5.56 Å². The summed E-state index contributed by atoms with van der Waals surface area (Å²) in [7, 11) is 1.63. The molecule has 6 heteroatoms. The number of hydrogen-bond acceptors (Lipinski definition) is 5. The molecule has 3 aromatic rings. The smallest absolute Gasteiger partial charge is 0.275 e. The van der Waals surface area contributed by atoms with Gasteiger partial charge in [-0.3, -0.25) is 4.79 Å². The minimum absolute atomic E-state index is 0.175. The van der Waals surface area contributed by atoms with E-state index in [1.807, 2.05) is 36.4 Å². The molecule has 0 aliphatic rings. The van der Waals surface area contributed by atoms with Gasteiger partial charge in [-0.2, -0.15) is 9.61 Å². The van der Waals surface area contributed by atoms with E-state index in [9.17, 15) is 4.79 Å². The van der Waals surface area contributed by atoms with Crippen LogP contribution < -0.4 is 10.3 Å². The van der Waals surface area contributed by atoms with Gasteiger partial charge >= 0.3 is 0 Å². The van der Waals surface area contributed by atoms with Gasteiger partial charge in [-0.1, -0.05) is 29.5 Å². The number of benzene rings is 1. The normalized spacial score (nSPS) is 11.2. The molecule has 0 N–H and O–H groups in total. The molecule has 1 aromatic carbocycles. The average Bonchev–Trinajstić information content (AvgIpc) is 2.94. The van der Waals surface area contributed by atoms with Gasteiger partial charge in [0.05, 0.1) is 12.8 Å². The predicted octanol–water partition coefficient (Wildman–Crippen LogP) is 2.33. The van der Waals surface area contributed by atoms with Crippen molar-refractivity contribution in [3.63, 3.8) is 0 Å². The molecule has 0 radical (unpaired) electrons. The summed E-state index contributed by atoms with van der Waals surface area (Å²) >= 11 is 1.33. The summed E-state index contributed by atoms with van der Waals surface area (Å²) in [5.41, 5.74) is 3.05. The van der Waals surface area contributed by atoms with Crippen LogP contribution in [0.15, 0.2) is 40.6 Å². The average molecular weight is 285 g/mol. The van der Waals surface area contributed by atoms with Crippen molar-refractivity contribution in [2.45, 2.75) is 0 Å². The van der Waals surface area contributed by atoms with Crippen LogP contribution in [0.4, 0.5) is 0 Å². The lowest BCUT2D eigenvalue weighted by Gasteiger charge is -1.99. The number of ether oxygens (including phenoxy) is 1. The molecule has 0 fully saturated rings. The first kappa shape index (κ1) is 12.6. The lowest BCUT2D eigenvalue weighted by molar-refractivity contribution is 0.415. The first-order valence-electron chi connectivity index (χ1n) is 5.92. The summed E-state index contributed by atoms with van der Waals surface area (Å²) in [4.78, 5) is 16.7. The fourth-order valence-corrected chi connectivity index (χ4v) is 2.39. The van der Waals surface area contributed by atoms with Gasteiger partial charge in [-0.05, 0) is 23.8 Å². The van der Waals surface area contributed by atoms with E-state index in [1.54, 1.807) is 12.6 Å². The summed E-state index contributed by atoms with van der Waals surface area (Å²) in [5, 5.41) is 3.92. The first-order chi connectivity index (χ1) is 9.76. The SMILES string of the molecule is COc1ccc(/C=C/c2cc(=O)n3ncsc3n2)cc1. The van der Waals surface area contributed by atoms with Crippen molar-refractivity contribution in [2.24, 2.45) is 0 Å². The van der Waals surface area contributed by atoms with Crippen LogP contribution in [0.2, 0.25) is 0 Å². The highest BCUT2D eigenvalue weighted by Crippen LogP contribution is 2.13. The van der Waals surface area contributed by atoms with Gasteiger partial charge in [-0.15, -0.1) is 0 Å². The Morgan fingerprint density at radius 1 is 1.25 bits per heavy atom. The maximum absolute atomic E-state index is 11.8. The number of rotatable bonds is 3. The Labute approximate surface area is 118 Å². The van der Waals surface area contributed by atoms with Crippen molar-refractivity contribution < 1.29 is 4.74 Å². The maximum atomic E-state index is 11.8. The third-order valence-corrected chi connectivity index (χ3v) is 3.44. The number of fused-ring (bicyclic) bond motifs is 1. The van der Waals surface area contributed by atoms with Crippen LogP contribution in [0.3, 0.4) is 0 Å². The van der Waals surface area contributed by atoms with E-state index < -0.39 is 0 Å². The molecule has 100 valence electrons. The third-order valence-electron chi connectivity index (χ3n) is 2.77. The van der Waals surface area contributed by atoms with E-state index in [0.29, 0.717) is 10.7 Å². The van der Waals surface area contributed by atoms with E-state index >= 15 is 0 Å². The molecule has 0 bridgehead atoms. The topological polar surface area (TPSA) is 56.5 Å². The van der Waals surface area contributed by atoms with Crippen LogP contribution in [0, 0.1) is 0 Å². The highest BCUT2D eigenvalue weighted by molar-refractivity contribution is 7.14. The molecule has 0 unspecified atom stereocenters. The van der Waals surface area contributed by atoms with Crippen molar-refractivity contribution in [2.75, 3.05) is 7.11 Å². The van der Waals surface area contributed by atoms with Crippen LogP contribution in [-0.4, -0.2) is 21.7 Å². The van der Waals surface area contributed by atoms with Gasteiger partial charge in [0.15, 0.2) is 0 Å². The molecule has 2 aromatic heterocycles. The van der Waals surface area contributed by atoms with E-state index in [2.05, 4.69) is 10.1 Å². The number of aromatic nitrogens is 3. The summed E-state index contributed by atoms with van der Waals surface area (Å²) in [6, 6.07) is 9.11. The zero-order valence-corrected chi connectivity index (χ0v) is 11.5. The lowest BCUT2D eigenvalue weighted by atomic mass is 10.2. The minimum Gasteiger partial charge on any atom is -0.497 e. The standard InChI is InChI=1S/C14H11N3O2S/c1-19-12-6-3-10(4-7-12)2-5-11-8-13(18)17-14(16-11)20-9-15-17/h2-9H,1H3/b5-2+. The Bertz CT molecular complexity index is 818. The van der Waals surface area contributed by atoms with E-state index in [0.717, 1.165) is 11.3 Å². The molecular formula is C14H11N3O2S. The monoisotopic (exact) mass is 285 g/mol. The number of methoxy groups -OCH3 is 1. The lowest BCUT2D eigenvalue weighted by Crippen LogP contribution is -2.13. The van der Waals surface area contributed by atoms with E-state index in [1.165, 1.54) is 21.9 Å². The van der Waals surface area contributed by atoms with Crippen LogP contribution in [0.1, 0.15) is 11.3 Å². The zero-order valence-electron chi connectivity index (χ0n) is 10.7. The Kier molecular flexibility index (Phi) is 3.30. The largest absolute Gasteiger partial charge is 0.497 e. The van der Waals surface area contributed by atoms with Crippen LogP contribution in [0.25, 0.3) is 17.1 Å². The van der Waals surface area contributed by atoms with Gasteiger partial charge in [0, 0.05) is 6.07 Å². The van der Waals surface area contributed by atoms with Crippen LogP contribution in [0.5, 0.6) is 5.75 Å². The molecule has 0 aliphatic carbocycles. The van der Waals surface area contributed by atoms with Crippen molar-refractivity contribution in [3.8, 4) is 5.75 Å². The van der Waals surface area contributed by atoms with Crippen LogP contribution in [-0.2, 0) is 0 Å². The molecule has 2 heterocycles. The van der Waals surface area contributed by atoms with Crippen molar-refractivity contribution >= 4 is 28.4 Å². The molecule has 0 saturated carbocycles. The second kappa shape index (κ2) is 5.26. The first-order valence-corrected chi connectivity index (χ1v) is 6.80. The zero-order chi connectivity index (χ0) is 13.9. The third kappa shape index (κ3) is 2.46. The van der Waals surface area contributed by atoms with Gasteiger partial charge in [0.2, 0.25) is 4.96 Å². The summed E-state index contributed by atoms with van der Waals surface area (Å²) in [6.45, 7) is 0. The van der Waals surface area contributed by atoms with Gasteiger partial charge in [0.1, 0.15) is 11.3 Å². The van der Waals surface area contributed by atoms with Gasteiger partial charge in [0.25, 0.3) is 5.56 Å². The summed E-state index contributed by atoms with van der Waals surface area (Å²) < 4.78 is 6.39. The molecule has 0 amide bonds. The molecule has 0 aliphatic heterocycles. The second-order valence-corrected chi connectivity index (χ2v) is 4.87. The number of hydrogen-bond donors (Lipinski definition) is 0. The maximum Gasteiger partial charge on any atom is 0.275 e. The highest BCUT2D eigenvalue weighted by atomic mass is 32.1. The molecule has 5 nitrogen and oxygen atoms in total. The molecular weight excluding hydrogens is 274 g/mol. The van der Waals surface area contributed by atoms with Crippen LogP contribution >= 0.6 is 11.3 Å². The van der Waals surface area contributed by atoms with Gasteiger partial charge in [-0.25, -0.2) is 4.98 Å². The summed E-state index contributed by atoms with van der Waals surface area (Å²) in [6.07, 6.45) is 3.71. The van der Waals surface area contributed by atoms with Crippen molar-refractivity contribution in [3.05, 3.63) is 57.5 Å². The molecule has 3 rings (SSSR count). The van der Waals surface area contributed by atoms with E-state index in [4.69, 9.17) is 4.74 Å². The molecule has 0 saturated heterocycles. The molecule has 0 spiro atoms. The second-order valence-electron chi connectivity index (χ2n) is 4.06.